The molecule has 0 heterocycles. The van der Waals surface area contributed by atoms with Gasteiger partial charge in [-0.3, -0.25) is 4.79 Å². The zero-order valence-corrected chi connectivity index (χ0v) is 13.6. The Labute approximate surface area is 137 Å². The highest BCUT2D eigenvalue weighted by molar-refractivity contribution is 5.81. The molecule has 23 heavy (non-hydrogen) atoms. The van der Waals surface area contributed by atoms with E-state index in [-0.39, 0.29) is 23.6 Å². The minimum Gasteiger partial charge on any atom is -0.508 e. The molecule has 1 atom stereocenters. The van der Waals surface area contributed by atoms with Gasteiger partial charge in [-0.15, -0.1) is 0 Å². The van der Waals surface area contributed by atoms with Crippen LogP contribution >= 0.6 is 0 Å². The Bertz CT molecular complexity index is 687. The summed E-state index contributed by atoms with van der Waals surface area (Å²) in [7, 11) is 0. The molecule has 0 saturated heterocycles. The molecule has 0 spiro atoms. The summed E-state index contributed by atoms with van der Waals surface area (Å²) in [6.45, 7) is 4.33. The molecular weight excluding hydrogens is 286 g/mol. The van der Waals surface area contributed by atoms with E-state index >= 15 is 0 Å². The summed E-state index contributed by atoms with van der Waals surface area (Å²) in [5, 5.41) is 12.9. The van der Waals surface area contributed by atoms with Crippen molar-refractivity contribution in [1.29, 1.82) is 0 Å². The van der Waals surface area contributed by atoms with Crippen LogP contribution in [-0.2, 0) is 4.79 Å². The second-order valence-corrected chi connectivity index (χ2v) is 6.63. The summed E-state index contributed by atoms with van der Waals surface area (Å²) in [5.74, 6) is 0.951. The number of carbonyl (C=O) groups is 1. The lowest BCUT2D eigenvalue weighted by Crippen LogP contribution is -2.30. The van der Waals surface area contributed by atoms with Crippen molar-refractivity contribution in [1.82, 2.24) is 5.32 Å². The molecule has 3 rings (SSSR count). The molecule has 120 valence electrons. The first-order valence-corrected chi connectivity index (χ1v) is 8.24. The Morgan fingerprint density at radius 2 is 1.70 bits per heavy atom. The van der Waals surface area contributed by atoms with E-state index in [1.54, 1.807) is 12.1 Å². The Morgan fingerprint density at radius 3 is 2.26 bits per heavy atom. The predicted octanol–water partition coefficient (Wildman–Crippen LogP) is 4.13. The second-order valence-electron chi connectivity index (χ2n) is 6.63. The Balaban J connectivity index is 1.91. The first-order valence-electron chi connectivity index (χ1n) is 8.24. The smallest absolute Gasteiger partial charge is 0.223 e. The Hall–Kier alpha value is -2.29. The van der Waals surface area contributed by atoms with Gasteiger partial charge in [0.15, 0.2) is 0 Å². The van der Waals surface area contributed by atoms with Crippen molar-refractivity contribution in [3.8, 4) is 5.75 Å². The van der Waals surface area contributed by atoms with E-state index in [1.165, 1.54) is 5.56 Å². The highest BCUT2D eigenvalue weighted by Gasteiger charge is 2.31. The van der Waals surface area contributed by atoms with E-state index in [1.807, 2.05) is 12.1 Å². The van der Waals surface area contributed by atoms with Crippen LogP contribution < -0.4 is 5.32 Å². The van der Waals surface area contributed by atoms with Gasteiger partial charge in [-0.1, -0.05) is 50.2 Å². The first-order chi connectivity index (χ1) is 11.0. The number of hydrogen-bond donors (Lipinski definition) is 2. The van der Waals surface area contributed by atoms with Gasteiger partial charge >= 0.3 is 0 Å². The highest BCUT2D eigenvalue weighted by Crippen LogP contribution is 2.32. The summed E-state index contributed by atoms with van der Waals surface area (Å²) in [5.41, 5.74) is 3.21. The number of rotatable bonds is 5. The SMILES string of the molecule is CC(C)c1ccc([C@@H](NC(=O)C2CC2)c2cccc(O)c2)cc1. The van der Waals surface area contributed by atoms with Crippen LogP contribution in [0.2, 0.25) is 0 Å². The molecular formula is C20H23NO2. The Morgan fingerprint density at radius 1 is 1.04 bits per heavy atom. The fraction of sp³-hybridized carbons (Fsp3) is 0.350. The van der Waals surface area contributed by atoms with Gasteiger partial charge < -0.3 is 10.4 Å². The number of nitrogens with one attached hydrogen (secondary N) is 1. The fourth-order valence-corrected chi connectivity index (χ4v) is 2.74. The lowest BCUT2D eigenvalue weighted by Gasteiger charge is -2.21. The van der Waals surface area contributed by atoms with Gasteiger partial charge in [-0.2, -0.15) is 0 Å². The van der Waals surface area contributed by atoms with E-state index in [9.17, 15) is 9.90 Å². The quantitative estimate of drug-likeness (QED) is 0.872. The molecule has 2 N–H and O–H groups in total. The summed E-state index contributed by atoms with van der Waals surface area (Å²) < 4.78 is 0. The standard InChI is InChI=1S/C20H23NO2/c1-13(2)14-6-8-15(9-7-14)19(21-20(23)16-10-11-16)17-4-3-5-18(22)12-17/h3-9,12-13,16,19,22H,10-11H2,1-2H3,(H,21,23)/t19-/m1/s1. The molecule has 1 fully saturated rings. The molecule has 2 aromatic rings. The van der Waals surface area contributed by atoms with Crippen molar-refractivity contribution in [3.63, 3.8) is 0 Å². The molecule has 3 nitrogen and oxygen atoms in total. The van der Waals surface area contributed by atoms with Crippen molar-refractivity contribution in [2.45, 2.75) is 38.6 Å². The van der Waals surface area contributed by atoms with Crippen LogP contribution in [-0.4, -0.2) is 11.0 Å². The van der Waals surface area contributed by atoms with Gasteiger partial charge in [0.2, 0.25) is 5.91 Å². The number of aromatic hydroxyl groups is 1. The lowest BCUT2D eigenvalue weighted by molar-refractivity contribution is -0.122. The summed E-state index contributed by atoms with van der Waals surface area (Å²) in [6.07, 6.45) is 1.95. The molecule has 1 amide bonds. The third kappa shape index (κ3) is 3.73. The van der Waals surface area contributed by atoms with Gasteiger partial charge in [0.05, 0.1) is 6.04 Å². The summed E-state index contributed by atoms with van der Waals surface area (Å²) in [4.78, 5) is 12.2. The van der Waals surface area contributed by atoms with Crippen LogP contribution in [0, 0.1) is 5.92 Å². The molecule has 0 bridgehead atoms. The largest absolute Gasteiger partial charge is 0.508 e. The number of amides is 1. The number of phenolic OH excluding ortho intramolecular Hbond substituents is 1. The van der Waals surface area contributed by atoms with Crippen LogP contribution in [0.25, 0.3) is 0 Å². The zero-order valence-electron chi connectivity index (χ0n) is 13.6. The number of hydrogen-bond acceptors (Lipinski definition) is 2. The minimum absolute atomic E-state index is 0.103. The van der Waals surface area contributed by atoms with Gasteiger partial charge in [0.1, 0.15) is 5.75 Å². The molecule has 0 radical (unpaired) electrons. The second kappa shape index (κ2) is 6.45. The van der Waals surface area contributed by atoms with Crippen molar-refractivity contribution in [2.75, 3.05) is 0 Å². The number of benzene rings is 2. The first kappa shape index (κ1) is 15.6. The fourth-order valence-electron chi connectivity index (χ4n) is 2.74. The van der Waals surface area contributed by atoms with Crippen LogP contribution in [0.4, 0.5) is 0 Å². The van der Waals surface area contributed by atoms with Gasteiger partial charge in [0.25, 0.3) is 0 Å². The van der Waals surface area contributed by atoms with Crippen LogP contribution in [0.3, 0.4) is 0 Å². The normalized spacial score (nSPS) is 15.4. The van der Waals surface area contributed by atoms with E-state index in [0.717, 1.165) is 24.0 Å². The highest BCUT2D eigenvalue weighted by atomic mass is 16.3. The molecule has 3 heteroatoms. The van der Waals surface area contributed by atoms with Crippen molar-refractivity contribution in [2.24, 2.45) is 5.92 Å². The molecule has 2 aromatic carbocycles. The average Bonchev–Trinajstić information content (AvgIpc) is 3.37. The molecule has 1 aliphatic rings. The van der Waals surface area contributed by atoms with E-state index < -0.39 is 0 Å². The molecule has 0 aliphatic heterocycles. The summed E-state index contributed by atoms with van der Waals surface area (Å²) in [6, 6.07) is 15.2. The van der Waals surface area contributed by atoms with Crippen LogP contribution in [0.1, 0.15) is 55.3 Å². The van der Waals surface area contributed by atoms with E-state index in [4.69, 9.17) is 0 Å². The maximum absolute atomic E-state index is 12.2. The monoisotopic (exact) mass is 309 g/mol. The van der Waals surface area contributed by atoms with E-state index in [0.29, 0.717) is 5.92 Å². The maximum atomic E-state index is 12.2. The van der Waals surface area contributed by atoms with Crippen molar-refractivity contribution in [3.05, 3.63) is 65.2 Å². The van der Waals surface area contributed by atoms with E-state index in [2.05, 4.69) is 43.4 Å². The molecule has 0 aromatic heterocycles. The third-order valence-corrected chi connectivity index (χ3v) is 4.37. The zero-order chi connectivity index (χ0) is 16.4. The average molecular weight is 309 g/mol. The Kier molecular flexibility index (Phi) is 4.37. The molecule has 1 aliphatic carbocycles. The maximum Gasteiger partial charge on any atom is 0.223 e. The van der Waals surface area contributed by atoms with Gasteiger partial charge in [-0.05, 0) is 47.6 Å². The van der Waals surface area contributed by atoms with Crippen molar-refractivity contribution < 1.29 is 9.90 Å². The van der Waals surface area contributed by atoms with Gasteiger partial charge in [-0.25, -0.2) is 0 Å². The summed E-state index contributed by atoms with van der Waals surface area (Å²) >= 11 is 0. The number of phenols is 1. The predicted molar refractivity (Wildman–Crippen MR) is 91.3 cm³/mol. The topological polar surface area (TPSA) is 49.3 Å². The van der Waals surface area contributed by atoms with Crippen LogP contribution in [0.5, 0.6) is 5.75 Å². The molecule has 1 saturated carbocycles. The van der Waals surface area contributed by atoms with Crippen molar-refractivity contribution >= 4 is 5.91 Å². The lowest BCUT2D eigenvalue weighted by atomic mass is 9.95. The third-order valence-electron chi connectivity index (χ3n) is 4.37. The number of carbonyl (C=O) groups excluding carboxylic acids is 1. The van der Waals surface area contributed by atoms with Crippen LogP contribution in [0.15, 0.2) is 48.5 Å². The minimum atomic E-state index is -0.226. The van der Waals surface area contributed by atoms with Gasteiger partial charge in [0, 0.05) is 5.92 Å². The molecule has 0 unspecified atom stereocenters.